The lowest BCUT2D eigenvalue weighted by atomic mass is 9.88. The smallest absolute Gasteiger partial charge is 0.414 e. The number of carbonyl (C=O) groups is 3. The van der Waals surface area contributed by atoms with E-state index in [1.165, 1.54) is 21.8 Å². The summed E-state index contributed by atoms with van der Waals surface area (Å²) in [6.45, 7) is 6.11. The zero-order chi connectivity index (χ0) is 23.1. The lowest BCUT2D eigenvalue weighted by Crippen LogP contribution is -2.32. The van der Waals surface area contributed by atoms with E-state index in [9.17, 15) is 14.4 Å². The Balaban J connectivity index is 1.62. The summed E-state index contributed by atoms with van der Waals surface area (Å²) < 4.78 is 4.84. The van der Waals surface area contributed by atoms with Crippen LogP contribution in [0, 0.1) is 12.8 Å². The number of aryl methyl sites for hydroxylation is 1. The fourth-order valence-electron chi connectivity index (χ4n) is 3.65. The number of hydrogen-bond acceptors (Lipinski definition) is 6. The second kappa shape index (κ2) is 11.5. The zero-order valence-electron chi connectivity index (χ0n) is 18.8. The third-order valence-electron chi connectivity index (χ3n) is 5.32. The van der Waals surface area contributed by atoms with Gasteiger partial charge in [0.05, 0.1) is 12.2 Å². The monoisotopic (exact) mass is 474 g/mol. The molecular formula is C24H30N2O4S2. The van der Waals surface area contributed by atoms with E-state index in [1.807, 2.05) is 0 Å². The van der Waals surface area contributed by atoms with Crippen molar-refractivity contribution in [3.05, 3.63) is 45.8 Å². The highest BCUT2D eigenvalue weighted by atomic mass is 32.2. The number of nitrogens with one attached hydrogen (secondary N) is 2. The minimum atomic E-state index is -0.771. The van der Waals surface area contributed by atoms with Crippen molar-refractivity contribution >= 4 is 46.0 Å². The SMILES string of the molecule is CCOC(=O)NC(=O)c1c(NC(=O)CCCSc2ccc(C)cc2)sc2c1CCC(C)C2. The van der Waals surface area contributed by atoms with Gasteiger partial charge in [-0.05, 0) is 68.9 Å². The van der Waals surface area contributed by atoms with Crippen LogP contribution < -0.4 is 10.6 Å². The minimum Gasteiger partial charge on any atom is -0.450 e. The van der Waals surface area contributed by atoms with Crippen LogP contribution in [-0.4, -0.2) is 30.3 Å². The highest BCUT2D eigenvalue weighted by Gasteiger charge is 2.29. The standard InChI is InChI=1S/C24H30N2O4S2/c1-4-30-24(29)26-22(28)21-18-12-9-16(3)14-19(18)32-23(21)25-20(27)6-5-13-31-17-10-7-15(2)8-11-17/h7-8,10-11,16H,4-6,9,12-14H2,1-3H3,(H,25,27)(H,26,28,29). The second-order valence-corrected chi connectivity index (χ2v) is 10.3. The molecule has 32 heavy (non-hydrogen) atoms. The van der Waals surface area contributed by atoms with Crippen LogP contribution in [0.15, 0.2) is 29.2 Å². The Morgan fingerprint density at radius 2 is 1.97 bits per heavy atom. The second-order valence-electron chi connectivity index (χ2n) is 8.04. The van der Waals surface area contributed by atoms with Crippen molar-refractivity contribution in [1.29, 1.82) is 0 Å². The number of benzene rings is 1. The first kappa shape index (κ1) is 24.3. The number of thioether (sulfide) groups is 1. The van der Waals surface area contributed by atoms with Crippen LogP contribution in [0.5, 0.6) is 0 Å². The lowest BCUT2D eigenvalue weighted by Gasteiger charge is -2.18. The fourth-order valence-corrected chi connectivity index (χ4v) is 5.93. The topological polar surface area (TPSA) is 84.5 Å². The summed E-state index contributed by atoms with van der Waals surface area (Å²) in [7, 11) is 0. The van der Waals surface area contributed by atoms with Gasteiger partial charge in [-0.3, -0.25) is 14.9 Å². The van der Waals surface area contributed by atoms with Gasteiger partial charge < -0.3 is 10.1 Å². The van der Waals surface area contributed by atoms with Crippen molar-refractivity contribution in [2.24, 2.45) is 5.92 Å². The maximum Gasteiger partial charge on any atom is 0.414 e. The Labute approximate surface area is 197 Å². The van der Waals surface area contributed by atoms with E-state index in [4.69, 9.17) is 4.74 Å². The molecule has 0 spiro atoms. The summed E-state index contributed by atoms with van der Waals surface area (Å²) in [5.74, 6) is 0.738. The first-order chi connectivity index (χ1) is 15.4. The van der Waals surface area contributed by atoms with Crippen LogP contribution in [0.4, 0.5) is 9.80 Å². The third-order valence-corrected chi connectivity index (χ3v) is 7.59. The molecule has 3 amide bonds. The van der Waals surface area contributed by atoms with E-state index in [-0.39, 0.29) is 12.5 Å². The van der Waals surface area contributed by atoms with Gasteiger partial charge in [0.25, 0.3) is 5.91 Å². The van der Waals surface area contributed by atoms with Crippen LogP contribution in [0.3, 0.4) is 0 Å². The maximum absolute atomic E-state index is 12.8. The van der Waals surface area contributed by atoms with Crippen LogP contribution in [0.25, 0.3) is 0 Å². The fraction of sp³-hybridized carbons (Fsp3) is 0.458. The normalized spacial score (nSPS) is 15.0. The number of carbonyl (C=O) groups excluding carboxylic acids is 3. The van der Waals surface area contributed by atoms with Crippen LogP contribution in [-0.2, 0) is 22.4 Å². The van der Waals surface area contributed by atoms with Gasteiger partial charge in [0.15, 0.2) is 0 Å². The molecule has 172 valence electrons. The molecule has 1 heterocycles. The van der Waals surface area contributed by atoms with E-state index < -0.39 is 12.0 Å². The van der Waals surface area contributed by atoms with E-state index >= 15 is 0 Å². The number of alkyl carbamates (subject to hydrolysis) is 1. The van der Waals surface area contributed by atoms with Crippen molar-refractivity contribution in [2.75, 3.05) is 17.7 Å². The van der Waals surface area contributed by atoms with Gasteiger partial charge in [0.1, 0.15) is 5.00 Å². The molecule has 8 heteroatoms. The molecule has 1 unspecified atom stereocenters. The Hall–Kier alpha value is -2.32. The molecule has 2 aromatic rings. The molecule has 1 aromatic carbocycles. The number of anilines is 1. The van der Waals surface area contributed by atoms with E-state index in [1.54, 1.807) is 18.7 Å². The summed E-state index contributed by atoms with van der Waals surface area (Å²) in [4.78, 5) is 39.5. The molecule has 0 bridgehead atoms. The number of fused-ring (bicyclic) bond motifs is 1. The summed E-state index contributed by atoms with van der Waals surface area (Å²) in [6, 6.07) is 8.34. The Morgan fingerprint density at radius 1 is 1.22 bits per heavy atom. The molecular weight excluding hydrogens is 444 g/mol. The number of amides is 3. The first-order valence-corrected chi connectivity index (χ1v) is 12.8. The number of thiophene rings is 1. The van der Waals surface area contributed by atoms with Crippen molar-refractivity contribution < 1.29 is 19.1 Å². The van der Waals surface area contributed by atoms with E-state index in [0.29, 0.717) is 22.9 Å². The average Bonchev–Trinajstić information content (AvgIpc) is 3.09. The van der Waals surface area contributed by atoms with Gasteiger partial charge in [-0.1, -0.05) is 24.6 Å². The Bertz CT molecular complexity index is 969. The predicted octanol–water partition coefficient (Wildman–Crippen LogP) is 5.58. The number of imide groups is 1. The summed E-state index contributed by atoms with van der Waals surface area (Å²) in [5.41, 5.74) is 2.58. The van der Waals surface area contributed by atoms with Crippen LogP contribution >= 0.6 is 23.1 Å². The molecule has 1 aliphatic rings. The van der Waals surface area contributed by atoms with E-state index in [0.717, 1.165) is 41.9 Å². The molecule has 0 saturated heterocycles. The molecule has 2 N–H and O–H groups in total. The highest BCUT2D eigenvalue weighted by molar-refractivity contribution is 7.99. The van der Waals surface area contributed by atoms with Crippen LogP contribution in [0.1, 0.15) is 59.5 Å². The summed E-state index contributed by atoms with van der Waals surface area (Å²) in [6.07, 6.45) is 2.96. The summed E-state index contributed by atoms with van der Waals surface area (Å²) in [5, 5.41) is 5.75. The first-order valence-electron chi connectivity index (χ1n) is 11.0. The lowest BCUT2D eigenvalue weighted by molar-refractivity contribution is -0.116. The van der Waals surface area contributed by atoms with Gasteiger partial charge >= 0.3 is 6.09 Å². The maximum atomic E-state index is 12.8. The molecule has 1 aliphatic carbocycles. The van der Waals surface area contributed by atoms with Gasteiger partial charge in [-0.2, -0.15) is 0 Å². The number of rotatable bonds is 8. The summed E-state index contributed by atoms with van der Waals surface area (Å²) >= 11 is 3.18. The quantitative estimate of drug-likeness (QED) is 0.385. The van der Waals surface area contributed by atoms with Crippen molar-refractivity contribution in [2.45, 2.75) is 57.8 Å². The molecule has 0 saturated carbocycles. The van der Waals surface area contributed by atoms with Gasteiger partial charge in [-0.25, -0.2) is 4.79 Å². The van der Waals surface area contributed by atoms with Crippen molar-refractivity contribution in [3.63, 3.8) is 0 Å². The molecule has 0 aliphatic heterocycles. The van der Waals surface area contributed by atoms with Crippen molar-refractivity contribution in [3.8, 4) is 0 Å². The minimum absolute atomic E-state index is 0.119. The molecule has 0 fully saturated rings. The van der Waals surface area contributed by atoms with Gasteiger partial charge in [0, 0.05) is 16.2 Å². The van der Waals surface area contributed by atoms with Gasteiger partial charge in [0.2, 0.25) is 5.91 Å². The number of hydrogen-bond donors (Lipinski definition) is 2. The van der Waals surface area contributed by atoms with Gasteiger partial charge in [-0.15, -0.1) is 23.1 Å². The molecule has 6 nitrogen and oxygen atoms in total. The highest BCUT2D eigenvalue weighted by Crippen LogP contribution is 2.39. The Morgan fingerprint density at radius 3 is 2.69 bits per heavy atom. The molecule has 1 aromatic heterocycles. The zero-order valence-corrected chi connectivity index (χ0v) is 20.4. The van der Waals surface area contributed by atoms with Crippen LogP contribution in [0.2, 0.25) is 0 Å². The predicted molar refractivity (Wildman–Crippen MR) is 130 cm³/mol. The molecule has 0 radical (unpaired) electrons. The molecule has 3 rings (SSSR count). The Kier molecular flexibility index (Phi) is 8.75. The van der Waals surface area contributed by atoms with Crippen molar-refractivity contribution in [1.82, 2.24) is 5.32 Å². The molecule has 1 atom stereocenters. The largest absolute Gasteiger partial charge is 0.450 e. The number of ether oxygens (including phenoxy) is 1. The third kappa shape index (κ3) is 6.59. The average molecular weight is 475 g/mol. The van der Waals surface area contributed by atoms with E-state index in [2.05, 4.69) is 48.7 Å².